The van der Waals surface area contributed by atoms with Crippen LogP contribution in [-0.4, -0.2) is 58.5 Å². The lowest BCUT2D eigenvalue weighted by molar-refractivity contribution is 0.0228. The van der Waals surface area contributed by atoms with E-state index in [4.69, 9.17) is 4.74 Å². The Morgan fingerprint density at radius 1 is 1.06 bits per heavy atom. The van der Waals surface area contributed by atoms with Crippen LogP contribution in [0.25, 0.3) is 11.2 Å². The van der Waals surface area contributed by atoms with Crippen LogP contribution in [0.2, 0.25) is 0 Å². The molecule has 35 heavy (non-hydrogen) atoms. The van der Waals surface area contributed by atoms with Crippen molar-refractivity contribution in [2.24, 2.45) is 0 Å². The first-order chi connectivity index (χ1) is 16.4. The maximum absolute atomic E-state index is 12.9. The van der Waals surface area contributed by atoms with Crippen molar-refractivity contribution in [2.45, 2.75) is 29.8 Å². The monoisotopic (exact) mass is 517 g/mol. The molecule has 2 N–H and O–H groups in total. The van der Waals surface area contributed by atoms with Crippen LogP contribution >= 0.6 is 10.2 Å². The molecule has 1 aromatic carbocycles. The van der Waals surface area contributed by atoms with Gasteiger partial charge in [0, 0.05) is 37.9 Å². The van der Waals surface area contributed by atoms with Gasteiger partial charge in [0.25, 0.3) is 5.91 Å². The fourth-order valence-corrected chi connectivity index (χ4v) is 5.26. The van der Waals surface area contributed by atoms with Crippen LogP contribution < -0.4 is 5.32 Å². The topological polar surface area (TPSA) is 83.1 Å². The summed E-state index contributed by atoms with van der Waals surface area (Å²) in [5.74, 6) is 0.344. The Morgan fingerprint density at radius 2 is 1.77 bits per heavy atom. The predicted molar refractivity (Wildman–Crippen MR) is 121 cm³/mol. The molecule has 4 heterocycles. The summed E-state index contributed by atoms with van der Waals surface area (Å²) < 4.78 is 70.5. The summed E-state index contributed by atoms with van der Waals surface area (Å²) in [7, 11) is -9.77. The van der Waals surface area contributed by atoms with E-state index >= 15 is 0 Å². The summed E-state index contributed by atoms with van der Waals surface area (Å²) in [6, 6.07) is 4.09. The Morgan fingerprint density at radius 3 is 2.40 bits per heavy atom. The second kappa shape index (κ2) is 7.87. The number of pyridine rings is 1. The van der Waals surface area contributed by atoms with E-state index in [0.29, 0.717) is 50.6 Å². The molecule has 2 aromatic heterocycles. The molecule has 1 amide bonds. The van der Waals surface area contributed by atoms with Crippen molar-refractivity contribution < 1.29 is 29.0 Å². The quantitative estimate of drug-likeness (QED) is 0.459. The molecule has 2 aliphatic heterocycles. The zero-order valence-electron chi connectivity index (χ0n) is 18.5. The molecule has 5 rings (SSSR count). The highest BCUT2D eigenvalue weighted by molar-refractivity contribution is 8.45. The molecule has 13 heteroatoms. The summed E-state index contributed by atoms with van der Waals surface area (Å²) >= 11 is 0. The lowest BCUT2D eigenvalue weighted by Crippen LogP contribution is -2.38. The zero-order valence-corrected chi connectivity index (χ0v) is 19.3. The highest BCUT2D eigenvalue weighted by Crippen LogP contribution is 3.02. The standard InChI is InChI=1S/C22H24F5N5O2S/c23-35(24,25,26,27)16-3-1-15(2-4-16)22(33)32-10-6-14(7-11-32)17-5-8-29-21-19(17)30-20(31-21)18-13-28-9-12-34-18/h1-5,8,14,18,28H,6-7,9-13H2,(H,29,30,31). The number of benzene rings is 1. The molecule has 190 valence electrons. The van der Waals surface area contributed by atoms with Crippen molar-refractivity contribution >= 4 is 27.3 Å². The van der Waals surface area contributed by atoms with E-state index in [-0.39, 0.29) is 29.7 Å². The van der Waals surface area contributed by atoms with E-state index in [2.05, 4.69) is 20.3 Å². The third-order valence-electron chi connectivity index (χ3n) is 6.44. The van der Waals surface area contributed by atoms with Gasteiger partial charge in [-0.15, -0.1) is 0 Å². The van der Waals surface area contributed by atoms with Crippen molar-refractivity contribution in [1.29, 1.82) is 0 Å². The Balaban J connectivity index is 1.28. The van der Waals surface area contributed by atoms with E-state index in [9.17, 15) is 24.2 Å². The number of H-pyrrole nitrogens is 1. The summed E-state index contributed by atoms with van der Waals surface area (Å²) in [6.07, 6.45) is 2.77. The summed E-state index contributed by atoms with van der Waals surface area (Å²) in [6.45, 7) is 2.80. The van der Waals surface area contributed by atoms with Gasteiger partial charge in [0.15, 0.2) is 5.65 Å². The first kappa shape index (κ1) is 23.9. The van der Waals surface area contributed by atoms with Gasteiger partial charge in [0.1, 0.15) is 16.8 Å². The van der Waals surface area contributed by atoms with Gasteiger partial charge < -0.3 is 19.9 Å². The predicted octanol–water partition coefficient (Wildman–Crippen LogP) is 5.30. The van der Waals surface area contributed by atoms with Gasteiger partial charge >= 0.3 is 10.2 Å². The molecule has 0 saturated carbocycles. The van der Waals surface area contributed by atoms with E-state index < -0.39 is 21.0 Å². The fourth-order valence-electron chi connectivity index (χ4n) is 4.61. The number of fused-ring (bicyclic) bond motifs is 1. The molecular formula is C22H24F5N5O2S. The maximum atomic E-state index is 12.9. The number of hydrogen-bond donors (Lipinski definition) is 2. The number of rotatable bonds is 4. The number of imidazole rings is 1. The number of carbonyl (C=O) groups excluding carboxylic acids is 1. The van der Waals surface area contributed by atoms with Crippen LogP contribution in [0, 0.1) is 0 Å². The number of carbonyl (C=O) groups is 1. The van der Waals surface area contributed by atoms with Gasteiger partial charge in [0.2, 0.25) is 0 Å². The van der Waals surface area contributed by atoms with Crippen LogP contribution in [-0.2, 0) is 4.74 Å². The average molecular weight is 518 g/mol. The van der Waals surface area contributed by atoms with E-state index in [1.807, 2.05) is 6.07 Å². The van der Waals surface area contributed by atoms with Crippen molar-refractivity contribution in [2.75, 3.05) is 32.8 Å². The third-order valence-corrected chi connectivity index (χ3v) is 7.61. The van der Waals surface area contributed by atoms with E-state index in [1.165, 1.54) is 4.90 Å². The summed E-state index contributed by atoms with van der Waals surface area (Å²) in [4.78, 5) is 24.6. The highest BCUT2D eigenvalue weighted by atomic mass is 32.5. The number of aromatic amines is 1. The molecule has 1 unspecified atom stereocenters. The molecular weight excluding hydrogens is 493 g/mol. The molecule has 3 aromatic rings. The smallest absolute Gasteiger partial charge is 0.310 e. The van der Waals surface area contributed by atoms with Crippen molar-refractivity contribution in [1.82, 2.24) is 25.2 Å². The van der Waals surface area contributed by atoms with Gasteiger partial charge in [-0.05, 0) is 54.7 Å². The molecule has 0 aliphatic carbocycles. The largest absolute Gasteiger partial charge is 0.368 e. The van der Waals surface area contributed by atoms with E-state index in [1.54, 1.807) is 6.20 Å². The number of nitrogens with zero attached hydrogens (tertiary/aromatic N) is 3. The minimum Gasteiger partial charge on any atom is -0.368 e. The van der Waals surface area contributed by atoms with Gasteiger partial charge in [-0.1, -0.05) is 19.4 Å². The number of aromatic nitrogens is 3. The average Bonchev–Trinajstić information content (AvgIpc) is 3.28. The molecule has 2 saturated heterocycles. The molecule has 0 spiro atoms. The lowest BCUT2D eigenvalue weighted by atomic mass is 9.89. The molecule has 2 aliphatic rings. The lowest BCUT2D eigenvalue weighted by Gasteiger charge is -2.40. The number of nitrogens with one attached hydrogen (secondary N) is 2. The first-order valence-electron chi connectivity index (χ1n) is 11.2. The summed E-state index contributed by atoms with van der Waals surface area (Å²) in [5.41, 5.74) is 2.40. The first-order valence-corrected chi connectivity index (χ1v) is 13.1. The van der Waals surface area contributed by atoms with Crippen LogP contribution in [0.1, 0.15) is 46.6 Å². The highest BCUT2D eigenvalue weighted by Gasteiger charge is 2.65. The number of halogens is 5. The van der Waals surface area contributed by atoms with Crippen LogP contribution in [0.5, 0.6) is 0 Å². The summed E-state index contributed by atoms with van der Waals surface area (Å²) in [5, 5.41) is 3.26. The van der Waals surface area contributed by atoms with Crippen molar-refractivity contribution in [3.8, 4) is 0 Å². The minimum absolute atomic E-state index is 0.0559. The number of ether oxygens (including phenoxy) is 1. The number of likely N-dealkylation sites (tertiary alicyclic amines) is 1. The Hall–Kier alpha value is -2.77. The Labute approximate surface area is 197 Å². The number of hydrogen-bond acceptors (Lipinski definition) is 5. The van der Waals surface area contributed by atoms with Crippen LogP contribution in [0.4, 0.5) is 19.4 Å². The Bertz CT molecular complexity index is 1250. The minimum atomic E-state index is -9.77. The van der Waals surface area contributed by atoms with Crippen molar-refractivity contribution in [3.63, 3.8) is 0 Å². The zero-order chi connectivity index (χ0) is 24.9. The normalized spacial score (nSPS) is 22.1. The molecule has 1 atom stereocenters. The van der Waals surface area contributed by atoms with Crippen LogP contribution in [0.15, 0.2) is 41.4 Å². The number of amides is 1. The Kier molecular flexibility index (Phi) is 5.38. The molecule has 0 radical (unpaired) electrons. The van der Waals surface area contributed by atoms with Crippen LogP contribution in [0.3, 0.4) is 0 Å². The van der Waals surface area contributed by atoms with Gasteiger partial charge in [-0.3, -0.25) is 4.79 Å². The second-order valence-corrected chi connectivity index (χ2v) is 11.3. The van der Waals surface area contributed by atoms with E-state index in [0.717, 1.165) is 29.8 Å². The molecule has 2 fully saturated rings. The van der Waals surface area contributed by atoms with Gasteiger partial charge in [0.05, 0.1) is 12.1 Å². The fraction of sp³-hybridized carbons (Fsp3) is 0.409. The molecule has 0 bridgehead atoms. The van der Waals surface area contributed by atoms with Gasteiger partial charge in [-0.25, -0.2) is 9.97 Å². The second-order valence-electron chi connectivity index (χ2n) is 8.84. The SMILES string of the molecule is O=C(c1ccc(S(F)(F)(F)(F)F)cc1)N1CCC(c2ccnc3nc(C4CNCCO4)[nH]c23)CC1. The number of morpholine rings is 1. The molecule has 7 nitrogen and oxygen atoms in total. The van der Waals surface area contributed by atoms with Crippen molar-refractivity contribution in [3.05, 3.63) is 53.5 Å². The number of piperidine rings is 1. The maximum Gasteiger partial charge on any atom is 0.310 e. The van der Waals surface area contributed by atoms with Gasteiger partial charge in [-0.2, -0.15) is 0 Å². The third kappa shape index (κ3) is 4.98.